The lowest BCUT2D eigenvalue weighted by Crippen LogP contribution is -2.18. The van der Waals surface area contributed by atoms with Gasteiger partial charge in [0.1, 0.15) is 5.82 Å². The maximum absolute atomic E-state index is 13.4. The molecule has 2 aromatic rings. The van der Waals surface area contributed by atoms with Crippen LogP contribution in [0.2, 0.25) is 0 Å². The molecule has 2 aromatic carbocycles. The third-order valence-corrected chi connectivity index (χ3v) is 3.88. The summed E-state index contributed by atoms with van der Waals surface area (Å²) in [6.45, 7) is 3.18. The van der Waals surface area contributed by atoms with Crippen molar-refractivity contribution >= 4 is 0 Å². The summed E-state index contributed by atoms with van der Waals surface area (Å²) in [5, 5.41) is 3.31. The highest BCUT2D eigenvalue weighted by Gasteiger charge is 2.17. The van der Waals surface area contributed by atoms with Gasteiger partial charge in [-0.15, -0.1) is 0 Å². The fourth-order valence-corrected chi connectivity index (χ4v) is 2.74. The van der Waals surface area contributed by atoms with Crippen molar-refractivity contribution in [1.82, 2.24) is 5.32 Å². The van der Waals surface area contributed by atoms with Crippen LogP contribution in [0.5, 0.6) is 0 Å². The van der Waals surface area contributed by atoms with Crippen LogP contribution < -0.4 is 5.32 Å². The van der Waals surface area contributed by atoms with Crippen LogP contribution in [0.1, 0.15) is 33.9 Å². The molecule has 2 nitrogen and oxygen atoms in total. The van der Waals surface area contributed by atoms with Crippen LogP contribution in [-0.4, -0.2) is 7.05 Å². The molecule has 0 aliphatic carbocycles. The monoisotopic (exact) mass is 271 g/mol. The molecule has 0 bridgehead atoms. The number of hydrogen-bond acceptors (Lipinski definition) is 2. The molecule has 1 heterocycles. The largest absolute Gasteiger partial charge is 0.372 e. The minimum atomic E-state index is -0.161. The number of hydrogen-bond donors (Lipinski definition) is 1. The smallest absolute Gasteiger partial charge is 0.126 e. The maximum atomic E-state index is 13.4. The Balaban J connectivity index is 1.98. The first-order valence-corrected chi connectivity index (χ1v) is 6.82. The summed E-state index contributed by atoms with van der Waals surface area (Å²) in [5.74, 6) is -0.161. The van der Waals surface area contributed by atoms with Crippen LogP contribution in [0.4, 0.5) is 4.39 Å². The average Bonchev–Trinajstić information content (AvgIpc) is 2.91. The molecule has 0 aromatic heterocycles. The topological polar surface area (TPSA) is 21.3 Å². The molecule has 0 fully saturated rings. The average molecular weight is 271 g/mol. The number of aryl methyl sites for hydroxylation is 1. The van der Waals surface area contributed by atoms with Crippen molar-refractivity contribution in [3.05, 3.63) is 70.0 Å². The van der Waals surface area contributed by atoms with E-state index < -0.39 is 0 Å². The van der Waals surface area contributed by atoms with E-state index in [0.717, 1.165) is 5.56 Å². The number of nitrogens with one attached hydrogen (secondary N) is 1. The molecule has 0 saturated carbocycles. The molecule has 3 rings (SSSR count). The van der Waals surface area contributed by atoms with Crippen molar-refractivity contribution in [2.45, 2.75) is 26.2 Å². The highest BCUT2D eigenvalue weighted by Crippen LogP contribution is 2.28. The van der Waals surface area contributed by atoms with E-state index in [1.54, 1.807) is 6.92 Å². The van der Waals surface area contributed by atoms with E-state index in [9.17, 15) is 4.39 Å². The molecular formula is C17H18FNO. The molecule has 0 spiro atoms. The second kappa shape index (κ2) is 5.35. The minimum absolute atomic E-state index is 0.0696. The van der Waals surface area contributed by atoms with Crippen LogP contribution >= 0.6 is 0 Å². The highest BCUT2D eigenvalue weighted by molar-refractivity contribution is 5.39. The van der Waals surface area contributed by atoms with Gasteiger partial charge < -0.3 is 10.1 Å². The number of fused-ring (bicyclic) bond motifs is 1. The van der Waals surface area contributed by atoms with E-state index >= 15 is 0 Å². The SMILES string of the molecule is CNC(c1ccc(F)c(C)c1)c1ccc2c(c1)COC2. The van der Waals surface area contributed by atoms with Gasteiger partial charge in [0, 0.05) is 0 Å². The lowest BCUT2D eigenvalue weighted by atomic mass is 9.95. The Bertz CT molecular complexity index is 639. The zero-order valence-electron chi connectivity index (χ0n) is 11.7. The zero-order valence-corrected chi connectivity index (χ0v) is 11.7. The van der Waals surface area contributed by atoms with Crippen LogP contribution in [0.15, 0.2) is 36.4 Å². The third-order valence-electron chi connectivity index (χ3n) is 3.88. The molecular weight excluding hydrogens is 253 g/mol. The number of rotatable bonds is 3. The van der Waals surface area contributed by atoms with Gasteiger partial charge in [-0.25, -0.2) is 4.39 Å². The van der Waals surface area contributed by atoms with Gasteiger partial charge in [-0.3, -0.25) is 0 Å². The number of halogens is 1. The van der Waals surface area contributed by atoms with Gasteiger partial charge in [-0.2, -0.15) is 0 Å². The first-order valence-electron chi connectivity index (χ1n) is 6.82. The third kappa shape index (κ3) is 2.35. The number of benzene rings is 2. The quantitative estimate of drug-likeness (QED) is 0.923. The van der Waals surface area contributed by atoms with Gasteiger partial charge in [0.2, 0.25) is 0 Å². The zero-order chi connectivity index (χ0) is 14.1. The maximum Gasteiger partial charge on any atom is 0.126 e. The summed E-state index contributed by atoms with van der Waals surface area (Å²) in [5.41, 5.74) is 5.45. The van der Waals surface area contributed by atoms with Crippen LogP contribution in [-0.2, 0) is 18.0 Å². The first-order chi connectivity index (χ1) is 9.69. The Hall–Kier alpha value is -1.71. The Morgan fingerprint density at radius 2 is 1.75 bits per heavy atom. The molecule has 0 saturated heterocycles. The molecule has 0 amide bonds. The van der Waals surface area contributed by atoms with Gasteiger partial charge >= 0.3 is 0 Å². The summed E-state index contributed by atoms with van der Waals surface area (Å²) in [6.07, 6.45) is 0. The summed E-state index contributed by atoms with van der Waals surface area (Å²) >= 11 is 0. The van der Waals surface area contributed by atoms with E-state index in [4.69, 9.17) is 4.74 Å². The molecule has 1 aliphatic heterocycles. The number of ether oxygens (including phenoxy) is 1. The fourth-order valence-electron chi connectivity index (χ4n) is 2.74. The standard InChI is InChI=1S/C17H18FNO/c1-11-7-12(5-6-16(11)18)17(19-2)13-3-4-14-9-20-10-15(14)8-13/h3-8,17,19H,9-10H2,1-2H3. The van der Waals surface area contributed by atoms with E-state index in [1.807, 2.05) is 19.2 Å². The molecule has 0 radical (unpaired) electrons. The highest BCUT2D eigenvalue weighted by atomic mass is 19.1. The van der Waals surface area contributed by atoms with Gasteiger partial charge in [-0.05, 0) is 47.9 Å². The minimum Gasteiger partial charge on any atom is -0.372 e. The van der Waals surface area contributed by atoms with Crippen LogP contribution in [0, 0.1) is 12.7 Å². The van der Waals surface area contributed by atoms with Crippen molar-refractivity contribution in [2.24, 2.45) is 0 Å². The summed E-state index contributed by atoms with van der Waals surface area (Å²) < 4.78 is 18.9. The van der Waals surface area contributed by atoms with E-state index in [2.05, 4.69) is 23.5 Å². The molecule has 1 unspecified atom stereocenters. The van der Waals surface area contributed by atoms with E-state index in [0.29, 0.717) is 18.8 Å². The predicted octanol–water partition coefficient (Wildman–Crippen LogP) is 3.47. The van der Waals surface area contributed by atoms with Gasteiger partial charge in [0.15, 0.2) is 0 Å². The second-order valence-electron chi connectivity index (χ2n) is 5.25. The van der Waals surface area contributed by atoms with E-state index in [1.165, 1.54) is 22.8 Å². The summed E-state index contributed by atoms with van der Waals surface area (Å²) in [7, 11) is 1.92. The molecule has 1 atom stereocenters. The van der Waals surface area contributed by atoms with Crippen molar-refractivity contribution in [1.29, 1.82) is 0 Å². The van der Waals surface area contributed by atoms with Crippen LogP contribution in [0.25, 0.3) is 0 Å². The predicted molar refractivity (Wildman–Crippen MR) is 77.0 cm³/mol. The van der Waals surface area contributed by atoms with Crippen molar-refractivity contribution in [2.75, 3.05) is 7.05 Å². The molecule has 3 heteroatoms. The van der Waals surface area contributed by atoms with Crippen molar-refractivity contribution < 1.29 is 9.13 Å². The lowest BCUT2D eigenvalue weighted by Gasteiger charge is -2.19. The van der Waals surface area contributed by atoms with E-state index in [-0.39, 0.29) is 11.9 Å². The van der Waals surface area contributed by atoms with Crippen molar-refractivity contribution in [3.63, 3.8) is 0 Å². The second-order valence-corrected chi connectivity index (χ2v) is 5.25. The van der Waals surface area contributed by atoms with Gasteiger partial charge in [-0.1, -0.05) is 30.3 Å². The Labute approximate surface area is 118 Å². The van der Waals surface area contributed by atoms with Gasteiger partial charge in [0.25, 0.3) is 0 Å². The van der Waals surface area contributed by atoms with Crippen LogP contribution in [0.3, 0.4) is 0 Å². The fraction of sp³-hybridized carbons (Fsp3) is 0.294. The Morgan fingerprint density at radius 1 is 1.05 bits per heavy atom. The summed E-state index contributed by atoms with van der Waals surface area (Å²) in [6, 6.07) is 11.8. The lowest BCUT2D eigenvalue weighted by molar-refractivity contribution is 0.134. The molecule has 1 N–H and O–H groups in total. The van der Waals surface area contributed by atoms with Gasteiger partial charge in [0.05, 0.1) is 19.3 Å². The molecule has 20 heavy (non-hydrogen) atoms. The molecule has 104 valence electrons. The molecule has 1 aliphatic rings. The normalized spacial score (nSPS) is 15.2. The first kappa shape index (κ1) is 13.3. The Kier molecular flexibility index (Phi) is 3.55. The van der Waals surface area contributed by atoms with Crippen molar-refractivity contribution in [3.8, 4) is 0 Å². The summed E-state index contributed by atoms with van der Waals surface area (Å²) in [4.78, 5) is 0. The Morgan fingerprint density at radius 3 is 2.50 bits per heavy atom.